The first kappa shape index (κ1) is 20.7. The molecule has 2 aromatic carbocycles. The van der Waals surface area contributed by atoms with Crippen molar-refractivity contribution in [3.05, 3.63) is 59.8 Å². The Bertz CT molecular complexity index is 1170. The van der Waals surface area contributed by atoms with E-state index in [0.29, 0.717) is 50.3 Å². The lowest BCUT2D eigenvalue weighted by molar-refractivity contribution is -0.143. The number of rotatable bonds is 4. The number of nitrogens with one attached hydrogen (secondary N) is 1. The molecule has 5 rings (SSSR count). The van der Waals surface area contributed by atoms with Crippen molar-refractivity contribution in [2.24, 2.45) is 5.73 Å². The summed E-state index contributed by atoms with van der Waals surface area (Å²) in [6.45, 7) is 1.81. The average molecular weight is 434 g/mol. The number of hydrogen-bond acceptors (Lipinski definition) is 5. The summed E-state index contributed by atoms with van der Waals surface area (Å²) in [5, 5.41) is 20.5. The fourth-order valence-corrected chi connectivity index (χ4v) is 4.22. The minimum atomic E-state index is -1.16. The van der Waals surface area contributed by atoms with Crippen LogP contribution in [0.5, 0.6) is 0 Å². The molecule has 0 spiro atoms. The number of hydrogen-bond donors (Lipinski definition) is 4. The first-order valence-electron chi connectivity index (χ1n) is 10.8. The van der Waals surface area contributed by atoms with E-state index in [4.69, 9.17) is 5.73 Å². The maximum absolute atomic E-state index is 12.9. The number of aliphatic hydroxyl groups excluding tert-OH is 1. The largest absolute Gasteiger partial charge is 0.380 e. The van der Waals surface area contributed by atoms with Gasteiger partial charge >= 0.3 is 0 Å². The second kappa shape index (κ2) is 7.74. The lowest BCUT2D eigenvalue weighted by Crippen LogP contribution is -2.53. The van der Waals surface area contributed by atoms with E-state index >= 15 is 0 Å². The number of nitrogens with two attached hydrogens (primary N) is 1. The van der Waals surface area contributed by atoms with Crippen molar-refractivity contribution in [1.29, 1.82) is 0 Å². The SMILES string of the molecule is NC(O)c1cc2cc(-c3ccc(C(=O)N4CCN(C(=O)C5(O)CC5)CC4)cc3)ccc2[nH]1. The minimum Gasteiger partial charge on any atom is -0.380 e. The van der Waals surface area contributed by atoms with Crippen LogP contribution in [0, 0.1) is 0 Å². The van der Waals surface area contributed by atoms with Crippen LogP contribution in [0.1, 0.15) is 35.1 Å². The van der Waals surface area contributed by atoms with Crippen molar-refractivity contribution in [2.45, 2.75) is 24.7 Å². The van der Waals surface area contributed by atoms with E-state index in [0.717, 1.165) is 22.0 Å². The van der Waals surface area contributed by atoms with E-state index in [1.807, 2.05) is 48.5 Å². The normalized spacial score (nSPS) is 18.6. The first-order valence-corrected chi connectivity index (χ1v) is 10.8. The van der Waals surface area contributed by atoms with E-state index in [2.05, 4.69) is 4.98 Å². The molecule has 1 aromatic heterocycles. The van der Waals surface area contributed by atoms with Gasteiger partial charge < -0.3 is 30.7 Å². The molecule has 32 heavy (non-hydrogen) atoms. The molecular formula is C24H26N4O4. The minimum absolute atomic E-state index is 0.0588. The molecule has 2 fully saturated rings. The topological polar surface area (TPSA) is 123 Å². The molecule has 1 saturated carbocycles. The van der Waals surface area contributed by atoms with Gasteiger partial charge in [-0.15, -0.1) is 0 Å². The third-order valence-corrected chi connectivity index (χ3v) is 6.40. The molecule has 0 radical (unpaired) electrons. The van der Waals surface area contributed by atoms with Gasteiger partial charge in [0.05, 0.1) is 5.69 Å². The van der Waals surface area contributed by atoms with Crippen LogP contribution in [0.15, 0.2) is 48.5 Å². The predicted octanol–water partition coefficient (Wildman–Crippen LogP) is 1.59. The number of amides is 2. The molecule has 166 valence electrons. The van der Waals surface area contributed by atoms with Crippen LogP contribution >= 0.6 is 0 Å². The third kappa shape index (κ3) is 3.77. The molecule has 3 aromatic rings. The van der Waals surface area contributed by atoms with Gasteiger partial charge in [-0.3, -0.25) is 9.59 Å². The van der Waals surface area contributed by atoms with Gasteiger partial charge in [0.15, 0.2) is 0 Å². The van der Waals surface area contributed by atoms with Crippen molar-refractivity contribution in [3.8, 4) is 11.1 Å². The summed E-state index contributed by atoms with van der Waals surface area (Å²) in [4.78, 5) is 31.7. The second-order valence-corrected chi connectivity index (χ2v) is 8.66. The van der Waals surface area contributed by atoms with Crippen LogP contribution in [-0.2, 0) is 4.79 Å². The maximum Gasteiger partial charge on any atom is 0.254 e. The Hall–Kier alpha value is -3.20. The van der Waals surface area contributed by atoms with Gasteiger partial charge in [-0.2, -0.15) is 0 Å². The Morgan fingerprint density at radius 1 is 0.938 bits per heavy atom. The van der Waals surface area contributed by atoms with Gasteiger partial charge in [-0.05, 0) is 54.3 Å². The Balaban J connectivity index is 1.26. The van der Waals surface area contributed by atoms with Crippen molar-refractivity contribution in [3.63, 3.8) is 0 Å². The summed E-state index contributed by atoms with van der Waals surface area (Å²) in [7, 11) is 0. The fourth-order valence-electron chi connectivity index (χ4n) is 4.22. The van der Waals surface area contributed by atoms with E-state index in [-0.39, 0.29) is 11.8 Å². The van der Waals surface area contributed by atoms with Gasteiger partial charge in [-0.25, -0.2) is 0 Å². The Morgan fingerprint density at radius 2 is 1.56 bits per heavy atom. The number of aliphatic hydroxyl groups is 2. The quantitative estimate of drug-likeness (QED) is 0.465. The first-order chi connectivity index (χ1) is 15.3. The van der Waals surface area contributed by atoms with E-state index in [9.17, 15) is 19.8 Å². The Kier molecular flexibility index (Phi) is 5.00. The summed E-state index contributed by atoms with van der Waals surface area (Å²) >= 11 is 0. The van der Waals surface area contributed by atoms with Crippen LogP contribution in [0.4, 0.5) is 0 Å². The summed E-state index contributed by atoms with van der Waals surface area (Å²) < 4.78 is 0. The van der Waals surface area contributed by atoms with Crippen molar-refractivity contribution in [2.75, 3.05) is 26.2 Å². The molecule has 2 heterocycles. The van der Waals surface area contributed by atoms with Crippen LogP contribution in [0.3, 0.4) is 0 Å². The van der Waals surface area contributed by atoms with Crippen LogP contribution in [0.2, 0.25) is 0 Å². The lowest BCUT2D eigenvalue weighted by Gasteiger charge is -2.35. The molecule has 5 N–H and O–H groups in total. The van der Waals surface area contributed by atoms with Gasteiger partial charge in [0, 0.05) is 42.6 Å². The predicted molar refractivity (Wildman–Crippen MR) is 120 cm³/mol. The molecular weight excluding hydrogens is 408 g/mol. The van der Waals surface area contributed by atoms with E-state index in [1.165, 1.54) is 0 Å². The fraction of sp³-hybridized carbons (Fsp3) is 0.333. The van der Waals surface area contributed by atoms with Crippen LogP contribution in [-0.4, -0.2) is 68.6 Å². The summed E-state index contributed by atoms with van der Waals surface area (Å²) in [6.07, 6.45) is 0.0178. The van der Waals surface area contributed by atoms with Crippen molar-refractivity contribution < 1.29 is 19.8 Å². The zero-order valence-corrected chi connectivity index (χ0v) is 17.6. The zero-order chi connectivity index (χ0) is 22.5. The highest BCUT2D eigenvalue weighted by atomic mass is 16.3. The number of fused-ring (bicyclic) bond motifs is 1. The maximum atomic E-state index is 12.9. The molecule has 1 aliphatic heterocycles. The Labute approximate surface area is 185 Å². The number of carbonyl (C=O) groups excluding carboxylic acids is 2. The lowest BCUT2D eigenvalue weighted by atomic mass is 10.0. The number of aromatic nitrogens is 1. The summed E-state index contributed by atoms with van der Waals surface area (Å²) in [6, 6.07) is 15.2. The Morgan fingerprint density at radius 3 is 2.19 bits per heavy atom. The number of benzene rings is 2. The number of piperazine rings is 1. The highest BCUT2D eigenvalue weighted by Crippen LogP contribution is 2.37. The third-order valence-electron chi connectivity index (χ3n) is 6.40. The highest BCUT2D eigenvalue weighted by Gasteiger charge is 2.50. The molecule has 1 aliphatic carbocycles. The monoisotopic (exact) mass is 434 g/mol. The van der Waals surface area contributed by atoms with Crippen molar-refractivity contribution in [1.82, 2.24) is 14.8 Å². The standard InChI is InChI=1S/C24H26N4O4/c25-21(29)20-14-18-13-17(5-6-19(18)26-20)15-1-3-16(4-2-15)22(30)27-9-11-28(12-10-27)23(31)24(32)7-8-24/h1-6,13-14,21,26,29,32H,7-12,25H2. The summed E-state index contributed by atoms with van der Waals surface area (Å²) in [5.74, 6) is -0.266. The van der Waals surface area contributed by atoms with Crippen molar-refractivity contribution >= 4 is 22.7 Å². The molecule has 2 aliphatic rings. The average Bonchev–Trinajstić information content (AvgIpc) is 3.42. The smallest absolute Gasteiger partial charge is 0.254 e. The van der Waals surface area contributed by atoms with E-state index in [1.54, 1.807) is 9.80 Å². The van der Waals surface area contributed by atoms with Crippen LogP contribution in [0.25, 0.3) is 22.0 Å². The number of H-pyrrole nitrogens is 1. The van der Waals surface area contributed by atoms with Gasteiger partial charge in [0.25, 0.3) is 11.8 Å². The van der Waals surface area contributed by atoms with Gasteiger partial charge in [0.1, 0.15) is 11.8 Å². The number of nitrogens with zero attached hydrogens (tertiary/aromatic N) is 2. The number of aromatic amines is 1. The summed E-state index contributed by atoms with van der Waals surface area (Å²) in [5.41, 5.74) is 8.42. The second-order valence-electron chi connectivity index (χ2n) is 8.66. The van der Waals surface area contributed by atoms with Gasteiger partial charge in [-0.1, -0.05) is 18.2 Å². The molecule has 1 atom stereocenters. The number of carbonyl (C=O) groups is 2. The molecule has 0 bridgehead atoms. The molecule has 1 unspecified atom stereocenters. The molecule has 8 heteroatoms. The van der Waals surface area contributed by atoms with Gasteiger partial charge in [0.2, 0.25) is 0 Å². The molecule has 1 saturated heterocycles. The molecule has 8 nitrogen and oxygen atoms in total. The molecule has 2 amide bonds. The van der Waals surface area contributed by atoms with Crippen LogP contribution < -0.4 is 5.73 Å². The highest BCUT2D eigenvalue weighted by molar-refractivity contribution is 5.95. The zero-order valence-electron chi connectivity index (χ0n) is 17.6. The van der Waals surface area contributed by atoms with E-state index < -0.39 is 11.8 Å².